The summed E-state index contributed by atoms with van der Waals surface area (Å²) in [6, 6.07) is 8.00. The zero-order valence-corrected chi connectivity index (χ0v) is 13.3. The van der Waals surface area contributed by atoms with Crippen molar-refractivity contribution in [3.63, 3.8) is 0 Å². The maximum absolute atomic E-state index is 10.5. The fraction of sp³-hybridized carbons (Fsp3) is 0.133. The van der Waals surface area contributed by atoms with Crippen LogP contribution >= 0.6 is 27.3 Å². The second kappa shape index (κ2) is 6.72. The van der Waals surface area contributed by atoms with Crippen LogP contribution in [0.3, 0.4) is 0 Å². The van der Waals surface area contributed by atoms with E-state index in [2.05, 4.69) is 37.7 Å². The van der Waals surface area contributed by atoms with E-state index in [-0.39, 0.29) is 0 Å². The van der Waals surface area contributed by atoms with Gasteiger partial charge in [0.25, 0.3) is 0 Å². The number of thiophene rings is 1. The van der Waals surface area contributed by atoms with E-state index in [9.17, 15) is 4.79 Å². The maximum Gasteiger partial charge on any atom is 0.328 e. The number of benzene rings is 1. The van der Waals surface area contributed by atoms with Gasteiger partial charge in [-0.05, 0) is 46.2 Å². The van der Waals surface area contributed by atoms with Crippen LogP contribution in [0.15, 0.2) is 45.6 Å². The number of halogens is 1. The Bertz CT molecular complexity index is 623. The summed E-state index contributed by atoms with van der Waals surface area (Å²) in [4.78, 5) is 12.7. The molecule has 0 amide bonds. The molecule has 1 aromatic carbocycles. The van der Waals surface area contributed by atoms with Crippen LogP contribution in [0.25, 0.3) is 6.08 Å². The number of carboxylic acid groups (broad SMARTS) is 1. The Kier molecular flexibility index (Phi) is 4.98. The van der Waals surface area contributed by atoms with E-state index in [4.69, 9.17) is 5.11 Å². The van der Waals surface area contributed by atoms with Crippen molar-refractivity contribution in [3.8, 4) is 0 Å². The fourth-order valence-corrected chi connectivity index (χ4v) is 2.96. The largest absolute Gasteiger partial charge is 0.478 e. The summed E-state index contributed by atoms with van der Waals surface area (Å²) in [6.45, 7) is 0.847. The van der Waals surface area contributed by atoms with Gasteiger partial charge in [-0.25, -0.2) is 4.79 Å². The molecule has 2 rings (SSSR count). The van der Waals surface area contributed by atoms with Crippen LogP contribution in [0.4, 0.5) is 5.69 Å². The molecule has 2 aromatic rings. The zero-order valence-electron chi connectivity index (χ0n) is 10.9. The zero-order chi connectivity index (χ0) is 14.5. The van der Waals surface area contributed by atoms with Gasteiger partial charge in [0.2, 0.25) is 0 Å². The van der Waals surface area contributed by atoms with Gasteiger partial charge in [0.1, 0.15) is 0 Å². The third-order valence-corrected chi connectivity index (χ3v) is 4.25. The highest BCUT2D eigenvalue weighted by atomic mass is 79.9. The van der Waals surface area contributed by atoms with Gasteiger partial charge >= 0.3 is 5.97 Å². The Morgan fingerprint density at radius 3 is 2.85 bits per heavy atom. The molecule has 104 valence electrons. The molecule has 0 aliphatic carbocycles. The van der Waals surface area contributed by atoms with Gasteiger partial charge in [-0.3, -0.25) is 0 Å². The molecule has 0 atom stereocenters. The predicted octanol–water partition coefficient (Wildman–Crippen LogP) is 4.24. The lowest BCUT2D eigenvalue weighted by molar-refractivity contribution is -0.131. The van der Waals surface area contributed by atoms with Crippen LogP contribution in [0.2, 0.25) is 0 Å². The lowest BCUT2D eigenvalue weighted by Crippen LogP contribution is -2.15. The Labute approximate surface area is 130 Å². The van der Waals surface area contributed by atoms with Crippen molar-refractivity contribution in [2.24, 2.45) is 0 Å². The van der Waals surface area contributed by atoms with Crippen molar-refractivity contribution in [2.75, 3.05) is 11.9 Å². The number of anilines is 1. The minimum atomic E-state index is -0.949. The topological polar surface area (TPSA) is 40.5 Å². The lowest BCUT2D eigenvalue weighted by atomic mass is 10.1. The number of carbonyl (C=O) groups is 1. The normalized spacial score (nSPS) is 10.9. The second-order valence-corrected chi connectivity index (χ2v) is 6.00. The average molecular weight is 352 g/mol. The van der Waals surface area contributed by atoms with Gasteiger partial charge in [0, 0.05) is 29.8 Å². The highest BCUT2D eigenvalue weighted by Crippen LogP contribution is 2.25. The van der Waals surface area contributed by atoms with Crippen LogP contribution in [-0.2, 0) is 11.3 Å². The van der Waals surface area contributed by atoms with Crippen LogP contribution in [0, 0.1) is 0 Å². The van der Waals surface area contributed by atoms with E-state index in [1.807, 2.05) is 25.2 Å². The molecular formula is C15H14BrNO2S. The minimum absolute atomic E-state index is 0.847. The minimum Gasteiger partial charge on any atom is -0.478 e. The molecule has 0 fully saturated rings. The van der Waals surface area contributed by atoms with Crippen molar-refractivity contribution in [3.05, 3.63) is 56.7 Å². The highest BCUT2D eigenvalue weighted by Gasteiger charge is 2.05. The van der Waals surface area contributed by atoms with Gasteiger partial charge in [-0.15, -0.1) is 0 Å². The third-order valence-electron chi connectivity index (χ3n) is 2.83. The van der Waals surface area contributed by atoms with E-state index in [0.717, 1.165) is 28.3 Å². The first-order chi connectivity index (χ1) is 9.56. The van der Waals surface area contributed by atoms with E-state index in [1.165, 1.54) is 5.56 Å². The number of hydrogen-bond donors (Lipinski definition) is 1. The van der Waals surface area contributed by atoms with Crippen molar-refractivity contribution in [1.82, 2.24) is 0 Å². The first kappa shape index (κ1) is 14.8. The van der Waals surface area contributed by atoms with Crippen LogP contribution in [0.1, 0.15) is 11.1 Å². The first-order valence-electron chi connectivity index (χ1n) is 5.99. The molecular weight excluding hydrogens is 338 g/mol. The Morgan fingerprint density at radius 2 is 2.25 bits per heavy atom. The Hall–Kier alpha value is -1.59. The van der Waals surface area contributed by atoms with E-state index in [1.54, 1.807) is 17.4 Å². The fourth-order valence-electron chi connectivity index (χ4n) is 1.80. The molecule has 1 heterocycles. The molecule has 0 aliphatic rings. The van der Waals surface area contributed by atoms with Gasteiger partial charge < -0.3 is 10.0 Å². The van der Waals surface area contributed by atoms with E-state index >= 15 is 0 Å². The quantitative estimate of drug-likeness (QED) is 0.818. The van der Waals surface area contributed by atoms with E-state index < -0.39 is 5.97 Å². The third kappa shape index (κ3) is 3.95. The maximum atomic E-state index is 10.5. The SMILES string of the molecule is CN(Cc1ccsc1)c1ccc(/C=C/C(=O)O)c(Br)c1. The Morgan fingerprint density at radius 1 is 1.45 bits per heavy atom. The van der Waals surface area contributed by atoms with Gasteiger partial charge in [0.05, 0.1) is 0 Å². The first-order valence-corrected chi connectivity index (χ1v) is 7.72. The average Bonchev–Trinajstić information content (AvgIpc) is 2.89. The van der Waals surface area contributed by atoms with Crippen molar-refractivity contribution in [2.45, 2.75) is 6.54 Å². The summed E-state index contributed by atoms with van der Waals surface area (Å²) < 4.78 is 0.879. The van der Waals surface area contributed by atoms with Crippen molar-refractivity contribution < 1.29 is 9.90 Å². The molecule has 0 aliphatic heterocycles. The van der Waals surface area contributed by atoms with E-state index in [0.29, 0.717) is 0 Å². The molecule has 20 heavy (non-hydrogen) atoms. The van der Waals surface area contributed by atoms with Crippen LogP contribution in [0.5, 0.6) is 0 Å². The number of rotatable bonds is 5. The molecule has 0 radical (unpaired) electrons. The van der Waals surface area contributed by atoms with Crippen molar-refractivity contribution in [1.29, 1.82) is 0 Å². The molecule has 1 N–H and O–H groups in total. The molecule has 0 bridgehead atoms. The predicted molar refractivity (Wildman–Crippen MR) is 87.2 cm³/mol. The monoisotopic (exact) mass is 351 g/mol. The Balaban J connectivity index is 2.13. The summed E-state index contributed by atoms with van der Waals surface area (Å²) in [5.74, 6) is -0.949. The number of carboxylic acids is 1. The standard InChI is InChI=1S/C15H14BrNO2S/c1-17(9-11-6-7-20-10-11)13-4-2-12(14(16)8-13)3-5-15(18)19/h2-8,10H,9H2,1H3,(H,18,19)/b5-3+. The summed E-state index contributed by atoms with van der Waals surface area (Å²) in [5.41, 5.74) is 3.21. The molecule has 0 unspecified atom stereocenters. The lowest BCUT2D eigenvalue weighted by Gasteiger charge is -2.19. The molecule has 0 spiro atoms. The molecule has 1 aromatic heterocycles. The summed E-state index contributed by atoms with van der Waals surface area (Å²) in [5, 5.41) is 12.8. The van der Waals surface area contributed by atoms with Gasteiger partial charge in [0.15, 0.2) is 0 Å². The molecule has 5 heteroatoms. The number of nitrogens with zero attached hydrogens (tertiary/aromatic N) is 1. The summed E-state index contributed by atoms with van der Waals surface area (Å²) in [7, 11) is 2.03. The van der Waals surface area contributed by atoms with Crippen LogP contribution in [-0.4, -0.2) is 18.1 Å². The van der Waals surface area contributed by atoms with Crippen LogP contribution < -0.4 is 4.90 Å². The van der Waals surface area contributed by atoms with Gasteiger partial charge in [-0.1, -0.05) is 22.0 Å². The molecule has 0 saturated carbocycles. The number of hydrogen-bond acceptors (Lipinski definition) is 3. The van der Waals surface area contributed by atoms with Crippen molar-refractivity contribution >= 4 is 45.0 Å². The highest BCUT2D eigenvalue weighted by molar-refractivity contribution is 9.10. The smallest absolute Gasteiger partial charge is 0.328 e. The second-order valence-electron chi connectivity index (χ2n) is 4.37. The summed E-state index contributed by atoms with van der Waals surface area (Å²) in [6.07, 6.45) is 2.71. The number of aliphatic carboxylic acids is 1. The molecule has 3 nitrogen and oxygen atoms in total. The van der Waals surface area contributed by atoms with Gasteiger partial charge in [-0.2, -0.15) is 11.3 Å². The summed E-state index contributed by atoms with van der Waals surface area (Å²) >= 11 is 5.17. The molecule has 0 saturated heterocycles.